The third-order valence-electron chi connectivity index (χ3n) is 3.23. The molecule has 4 heteroatoms. The zero-order chi connectivity index (χ0) is 11.0. The first kappa shape index (κ1) is 9.66. The van der Waals surface area contributed by atoms with Crippen LogP contribution in [0.4, 0.5) is 5.69 Å². The van der Waals surface area contributed by atoms with E-state index >= 15 is 0 Å². The molecular formula is C12H16N4. The maximum absolute atomic E-state index is 4.33. The van der Waals surface area contributed by atoms with E-state index in [0.717, 1.165) is 26.2 Å². The van der Waals surface area contributed by atoms with Gasteiger partial charge in [-0.3, -0.25) is 4.68 Å². The van der Waals surface area contributed by atoms with Crippen LogP contribution in [0.3, 0.4) is 0 Å². The van der Waals surface area contributed by atoms with E-state index in [1.54, 1.807) is 0 Å². The van der Waals surface area contributed by atoms with Crippen LogP contribution in [-0.2, 0) is 7.05 Å². The molecule has 1 fully saturated rings. The van der Waals surface area contributed by atoms with Crippen molar-refractivity contribution in [1.29, 1.82) is 0 Å². The first-order valence-electron chi connectivity index (χ1n) is 5.72. The molecule has 0 radical (unpaired) electrons. The third-order valence-corrected chi connectivity index (χ3v) is 3.23. The molecule has 4 nitrogen and oxygen atoms in total. The van der Waals surface area contributed by atoms with Gasteiger partial charge in [0.1, 0.15) is 0 Å². The van der Waals surface area contributed by atoms with Crippen LogP contribution < -0.4 is 10.2 Å². The fourth-order valence-corrected chi connectivity index (χ4v) is 2.34. The molecular weight excluding hydrogens is 200 g/mol. The number of benzene rings is 1. The quantitative estimate of drug-likeness (QED) is 0.771. The number of nitrogens with one attached hydrogen (secondary N) is 1. The van der Waals surface area contributed by atoms with Crippen molar-refractivity contribution in [2.75, 3.05) is 31.1 Å². The summed E-state index contributed by atoms with van der Waals surface area (Å²) in [6.45, 7) is 4.29. The van der Waals surface area contributed by atoms with E-state index in [9.17, 15) is 0 Å². The van der Waals surface area contributed by atoms with Gasteiger partial charge in [0.15, 0.2) is 0 Å². The Labute approximate surface area is 94.8 Å². The normalized spacial score (nSPS) is 16.9. The van der Waals surface area contributed by atoms with E-state index in [-0.39, 0.29) is 0 Å². The summed E-state index contributed by atoms with van der Waals surface area (Å²) in [4.78, 5) is 2.43. The van der Waals surface area contributed by atoms with Crippen molar-refractivity contribution < 1.29 is 0 Å². The molecule has 3 rings (SSSR count). The highest BCUT2D eigenvalue weighted by molar-refractivity contribution is 5.91. The molecule has 0 unspecified atom stereocenters. The smallest absolute Gasteiger partial charge is 0.0700 e. The lowest BCUT2D eigenvalue weighted by Crippen LogP contribution is -2.43. The predicted molar refractivity (Wildman–Crippen MR) is 65.8 cm³/mol. The standard InChI is InChI=1S/C12H16N4/c1-15-11-3-2-4-12(10(11)9-14-15)16-7-5-13-6-8-16/h2-4,9,13H,5-8H2,1H3. The summed E-state index contributed by atoms with van der Waals surface area (Å²) in [5.41, 5.74) is 2.52. The zero-order valence-electron chi connectivity index (χ0n) is 9.48. The summed E-state index contributed by atoms with van der Waals surface area (Å²) < 4.78 is 1.93. The minimum Gasteiger partial charge on any atom is -0.368 e. The number of nitrogens with zero attached hydrogens (tertiary/aromatic N) is 3. The number of hydrogen-bond acceptors (Lipinski definition) is 3. The van der Waals surface area contributed by atoms with Gasteiger partial charge in [0.05, 0.1) is 11.7 Å². The molecule has 1 aromatic carbocycles. The first-order chi connectivity index (χ1) is 7.86. The van der Waals surface area contributed by atoms with E-state index in [1.165, 1.54) is 16.6 Å². The van der Waals surface area contributed by atoms with Crippen LogP contribution in [0.5, 0.6) is 0 Å². The molecule has 1 aromatic heterocycles. The van der Waals surface area contributed by atoms with Gasteiger partial charge in [0.2, 0.25) is 0 Å². The van der Waals surface area contributed by atoms with Crippen LogP contribution >= 0.6 is 0 Å². The van der Waals surface area contributed by atoms with Crippen molar-refractivity contribution in [2.24, 2.45) is 7.05 Å². The van der Waals surface area contributed by atoms with Crippen LogP contribution in [0.2, 0.25) is 0 Å². The Morgan fingerprint density at radius 2 is 2.06 bits per heavy atom. The Morgan fingerprint density at radius 1 is 1.25 bits per heavy atom. The number of anilines is 1. The summed E-state index contributed by atoms with van der Waals surface area (Å²) in [6.07, 6.45) is 1.96. The molecule has 0 bridgehead atoms. The van der Waals surface area contributed by atoms with Crippen LogP contribution in [0.15, 0.2) is 24.4 Å². The molecule has 0 saturated carbocycles. The summed E-state index contributed by atoms with van der Waals surface area (Å²) in [7, 11) is 1.99. The molecule has 1 saturated heterocycles. The number of rotatable bonds is 1. The van der Waals surface area contributed by atoms with Gasteiger partial charge in [0.25, 0.3) is 0 Å². The second-order valence-electron chi connectivity index (χ2n) is 4.22. The number of hydrogen-bond donors (Lipinski definition) is 1. The van der Waals surface area contributed by atoms with Gasteiger partial charge in [0, 0.05) is 44.3 Å². The Kier molecular flexibility index (Phi) is 2.29. The van der Waals surface area contributed by atoms with Gasteiger partial charge >= 0.3 is 0 Å². The lowest BCUT2D eigenvalue weighted by molar-refractivity contribution is 0.590. The topological polar surface area (TPSA) is 33.1 Å². The van der Waals surface area contributed by atoms with Crippen molar-refractivity contribution in [3.63, 3.8) is 0 Å². The summed E-state index contributed by atoms with van der Waals surface area (Å²) in [6, 6.07) is 6.42. The minimum absolute atomic E-state index is 1.07. The van der Waals surface area contributed by atoms with Gasteiger partial charge in [-0.1, -0.05) is 6.07 Å². The molecule has 1 N–H and O–H groups in total. The lowest BCUT2D eigenvalue weighted by atomic mass is 10.2. The molecule has 2 aromatic rings. The molecule has 84 valence electrons. The molecule has 1 aliphatic heterocycles. The number of aromatic nitrogens is 2. The second-order valence-corrected chi connectivity index (χ2v) is 4.22. The van der Waals surface area contributed by atoms with Gasteiger partial charge < -0.3 is 10.2 Å². The average molecular weight is 216 g/mol. The van der Waals surface area contributed by atoms with Crippen LogP contribution in [0, 0.1) is 0 Å². The summed E-state index contributed by atoms with van der Waals surface area (Å²) in [5.74, 6) is 0. The largest absolute Gasteiger partial charge is 0.368 e. The molecule has 16 heavy (non-hydrogen) atoms. The highest BCUT2D eigenvalue weighted by Crippen LogP contribution is 2.26. The number of piperazine rings is 1. The van der Waals surface area contributed by atoms with E-state index in [0.29, 0.717) is 0 Å². The van der Waals surface area contributed by atoms with Crippen molar-refractivity contribution in [1.82, 2.24) is 15.1 Å². The molecule has 0 atom stereocenters. The number of aryl methyl sites for hydroxylation is 1. The SMILES string of the molecule is Cn1ncc2c(N3CCNCC3)cccc21. The van der Waals surface area contributed by atoms with Gasteiger partial charge in [-0.25, -0.2) is 0 Å². The second kappa shape index (κ2) is 3.79. The zero-order valence-corrected chi connectivity index (χ0v) is 9.48. The Morgan fingerprint density at radius 3 is 2.88 bits per heavy atom. The molecule has 0 amide bonds. The first-order valence-corrected chi connectivity index (χ1v) is 5.72. The van der Waals surface area contributed by atoms with Crippen LogP contribution in [-0.4, -0.2) is 36.0 Å². The van der Waals surface area contributed by atoms with E-state index in [2.05, 4.69) is 33.5 Å². The summed E-state index contributed by atoms with van der Waals surface area (Å²) in [5, 5.41) is 8.96. The molecule has 0 spiro atoms. The van der Waals surface area contributed by atoms with Gasteiger partial charge in [-0.2, -0.15) is 5.10 Å². The van der Waals surface area contributed by atoms with Gasteiger partial charge in [-0.05, 0) is 12.1 Å². The summed E-state index contributed by atoms with van der Waals surface area (Å²) >= 11 is 0. The average Bonchev–Trinajstić information content (AvgIpc) is 2.73. The Hall–Kier alpha value is -1.55. The minimum atomic E-state index is 1.07. The third kappa shape index (κ3) is 1.46. The fraction of sp³-hybridized carbons (Fsp3) is 0.417. The highest BCUT2D eigenvalue weighted by Gasteiger charge is 2.14. The van der Waals surface area contributed by atoms with Gasteiger partial charge in [-0.15, -0.1) is 0 Å². The van der Waals surface area contributed by atoms with Crippen molar-refractivity contribution in [3.8, 4) is 0 Å². The maximum Gasteiger partial charge on any atom is 0.0700 e. The van der Waals surface area contributed by atoms with Crippen LogP contribution in [0.25, 0.3) is 10.9 Å². The number of fused-ring (bicyclic) bond motifs is 1. The molecule has 2 heterocycles. The van der Waals surface area contributed by atoms with Crippen molar-refractivity contribution in [3.05, 3.63) is 24.4 Å². The molecule has 1 aliphatic rings. The predicted octanol–water partition coefficient (Wildman–Crippen LogP) is 0.983. The highest BCUT2D eigenvalue weighted by atomic mass is 15.3. The van der Waals surface area contributed by atoms with Crippen molar-refractivity contribution in [2.45, 2.75) is 0 Å². The lowest BCUT2D eigenvalue weighted by Gasteiger charge is -2.29. The monoisotopic (exact) mass is 216 g/mol. The molecule has 0 aliphatic carbocycles. The maximum atomic E-state index is 4.33. The Balaban J connectivity index is 2.08. The van der Waals surface area contributed by atoms with Crippen LogP contribution in [0.1, 0.15) is 0 Å². The van der Waals surface area contributed by atoms with E-state index < -0.39 is 0 Å². The van der Waals surface area contributed by atoms with Crippen molar-refractivity contribution >= 4 is 16.6 Å². The van der Waals surface area contributed by atoms with E-state index in [4.69, 9.17) is 0 Å². The fourth-order valence-electron chi connectivity index (χ4n) is 2.34. The van der Waals surface area contributed by atoms with E-state index in [1.807, 2.05) is 17.9 Å². The Bertz CT molecular complexity index is 497.